The van der Waals surface area contributed by atoms with Crippen molar-refractivity contribution < 1.29 is 0 Å². The minimum absolute atomic E-state index is 0.925. The van der Waals surface area contributed by atoms with Gasteiger partial charge >= 0.3 is 0 Å². The lowest BCUT2D eigenvalue weighted by atomic mass is 9.96. The van der Waals surface area contributed by atoms with Crippen LogP contribution >= 0.6 is 15.9 Å². The lowest BCUT2D eigenvalue weighted by Crippen LogP contribution is -2.07. The molecule has 0 N–H and O–H groups in total. The Hall–Kier alpha value is 0.220. The molecule has 0 nitrogen and oxygen atoms in total. The first-order valence-electron chi connectivity index (χ1n) is 3.64. The fraction of sp³-hybridized carbons (Fsp3) is 0.750. The van der Waals surface area contributed by atoms with Crippen LogP contribution in [0, 0.1) is 17.8 Å². The summed E-state index contributed by atoms with van der Waals surface area (Å²) in [5.41, 5.74) is 0. The Labute approximate surface area is 64.5 Å². The van der Waals surface area contributed by atoms with Crippen molar-refractivity contribution in [2.24, 2.45) is 17.8 Å². The van der Waals surface area contributed by atoms with Crippen LogP contribution in [0.4, 0.5) is 0 Å². The second-order valence-corrected chi connectivity index (χ2v) is 3.84. The highest BCUT2D eigenvalue weighted by molar-refractivity contribution is 9.09. The normalized spacial score (nSPS) is 46.6. The summed E-state index contributed by atoms with van der Waals surface area (Å²) in [6.07, 6.45) is 7.67. The molecule has 0 aromatic carbocycles. The summed E-state index contributed by atoms with van der Waals surface area (Å²) >= 11 is 3.54. The predicted molar refractivity (Wildman–Crippen MR) is 42.6 cm³/mol. The molecule has 1 saturated carbocycles. The van der Waals surface area contributed by atoms with Crippen LogP contribution in [0.5, 0.6) is 0 Å². The summed E-state index contributed by atoms with van der Waals surface area (Å²) < 4.78 is 0. The molecule has 0 unspecified atom stereocenters. The van der Waals surface area contributed by atoms with Crippen LogP contribution in [-0.4, -0.2) is 5.33 Å². The van der Waals surface area contributed by atoms with Gasteiger partial charge in [0.1, 0.15) is 0 Å². The fourth-order valence-corrected chi connectivity index (χ4v) is 2.82. The van der Waals surface area contributed by atoms with Gasteiger partial charge in [-0.3, -0.25) is 0 Å². The lowest BCUT2D eigenvalue weighted by Gasteiger charge is -2.13. The largest absolute Gasteiger partial charge is 0.0925 e. The second kappa shape index (κ2) is 2.12. The minimum Gasteiger partial charge on any atom is -0.0925 e. The van der Waals surface area contributed by atoms with E-state index in [2.05, 4.69) is 28.1 Å². The molecule has 1 heteroatoms. The van der Waals surface area contributed by atoms with Crippen molar-refractivity contribution in [2.75, 3.05) is 5.33 Å². The molecule has 50 valence electrons. The van der Waals surface area contributed by atoms with E-state index in [0.29, 0.717) is 0 Å². The number of alkyl halides is 1. The van der Waals surface area contributed by atoms with E-state index in [0.717, 1.165) is 17.8 Å². The highest BCUT2D eigenvalue weighted by Crippen LogP contribution is 2.43. The molecule has 9 heavy (non-hydrogen) atoms. The average molecular weight is 187 g/mol. The predicted octanol–water partition coefficient (Wildman–Crippen LogP) is 2.59. The number of allylic oxidation sites excluding steroid dienone is 2. The number of fused-ring (bicyclic) bond motifs is 2. The van der Waals surface area contributed by atoms with Gasteiger partial charge in [-0.25, -0.2) is 0 Å². The Morgan fingerprint density at radius 3 is 2.56 bits per heavy atom. The van der Waals surface area contributed by atoms with Crippen LogP contribution in [-0.2, 0) is 0 Å². The van der Waals surface area contributed by atoms with Gasteiger partial charge in [-0.1, -0.05) is 28.1 Å². The van der Waals surface area contributed by atoms with Crippen LogP contribution in [0.25, 0.3) is 0 Å². The van der Waals surface area contributed by atoms with Crippen LogP contribution in [0.15, 0.2) is 12.2 Å². The molecule has 3 atom stereocenters. The van der Waals surface area contributed by atoms with E-state index in [9.17, 15) is 0 Å². The monoisotopic (exact) mass is 186 g/mol. The van der Waals surface area contributed by atoms with Gasteiger partial charge in [0.2, 0.25) is 0 Å². The first kappa shape index (κ1) is 5.96. The molecule has 0 heterocycles. The number of hydrogen-bond donors (Lipinski definition) is 0. The van der Waals surface area contributed by atoms with E-state index in [-0.39, 0.29) is 0 Å². The van der Waals surface area contributed by atoms with Gasteiger partial charge in [0.15, 0.2) is 0 Å². The van der Waals surface area contributed by atoms with Gasteiger partial charge < -0.3 is 0 Å². The van der Waals surface area contributed by atoms with Gasteiger partial charge in [-0.2, -0.15) is 0 Å². The topological polar surface area (TPSA) is 0 Å². The van der Waals surface area contributed by atoms with E-state index < -0.39 is 0 Å². The van der Waals surface area contributed by atoms with Gasteiger partial charge in [0, 0.05) is 5.33 Å². The fourth-order valence-electron chi connectivity index (χ4n) is 2.07. The summed E-state index contributed by atoms with van der Waals surface area (Å²) in [6, 6.07) is 0. The van der Waals surface area contributed by atoms with Crippen LogP contribution in [0.3, 0.4) is 0 Å². The first-order valence-corrected chi connectivity index (χ1v) is 4.76. The summed E-state index contributed by atoms with van der Waals surface area (Å²) in [5, 5.41) is 1.21. The molecule has 0 saturated heterocycles. The zero-order valence-corrected chi connectivity index (χ0v) is 6.97. The molecule has 0 spiro atoms. The summed E-state index contributed by atoms with van der Waals surface area (Å²) in [6.45, 7) is 0. The smallest absolute Gasteiger partial charge is 0.00655 e. The van der Waals surface area contributed by atoms with Crippen molar-refractivity contribution in [1.29, 1.82) is 0 Å². The molecular formula is C8H11Br. The molecule has 1 fully saturated rings. The molecule has 0 aliphatic heterocycles. The van der Waals surface area contributed by atoms with E-state index in [1.807, 2.05) is 0 Å². The quantitative estimate of drug-likeness (QED) is 0.437. The van der Waals surface area contributed by atoms with Crippen molar-refractivity contribution in [3.63, 3.8) is 0 Å². The van der Waals surface area contributed by atoms with E-state index in [4.69, 9.17) is 0 Å². The Morgan fingerprint density at radius 2 is 2.22 bits per heavy atom. The number of hydrogen-bond acceptors (Lipinski definition) is 0. The molecule has 2 rings (SSSR count). The highest BCUT2D eigenvalue weighted by Gasteiger charge is 2.34. The van der Waals surface area contributed by atoms with Crippen LogP contribution in [0.2, 0.25) is 0 Å². The standard InChI is InChI=1S/C8H11Br/c9-5-8-4-6-1-2-7(8)3-6/h1-2,6-8H,3-5H2/t6-,7+,8-/m0/s1. The molecule has 0 amide bonds. The van der Waals surface area contributed by atoms with Gasteiger partial charge in [-0.15, -0.1) is 0 Å². The van der Waals surface area contributed by atoms with E-state index in [1.165, 1.54) is 18.2 Å². The van der Waals surface area contributed by atoms with Gasteiger partial charge in [0.25, 0.3) is 0 Å². The Morgan fingerprint density at radius 1 is 1.33 bits per heavy atom. The molecule has 0 aromatic heterocycles. The third-order valence-corrected chi connectivity index (χ3v) is 3.45. The molecule has 0 radical (unpaired) electrons. The van der Waals surface area contributed by atoms with Crippen molar-refractivity contribution in [2.45, 2.75) is 12.8 Å². The molecule has 2 aliphatic carbocycles. The Kier molecular flexibility index (Phi) is 1.40. The second-order valence-electron chi connectivity index (χ2n) is 3.19. The zero-order valence-electron chi connectivity index (χ0n) is 5.39. The molecule has 2 aliphatic rings. The van der Waals surface area contributed by atoms with Crippen molar-refractivity contribution >= 4 is 15.9 Å². The van der Waals surface area contributed by atoms with Crippen molar-refractivity contribution in [3.05, 3.63) is 12.2 Å². The maximum atomic E-state index is 3.54. The molecule has 2 bridgehead atoms. The zero-order chi connectivity index (χ0) is 6.27. The Balaban J connectivity index is 2.10. The third-order valence-electron chi connectivity index (χ3n) is 2.61. The maximum Gasteiger partial charge on any atom is 0.00655 e. The average Bonchev–Trinajstić information content (AvgIpc) is 2.45. The van der Waals surface area contributed by atoms with E-state index in [1.54, 1.807) is 0 Å². The van der Waals surface area contributed by atoms with Crippen molar-refractivity contribution in [1.82, 2.24) is 0 Å². The lowest BCUT2D eigenvalue weighted by molar-refractivity contribution is 0.505. The SMILES string of the molecule is BrC[C@@H]1C[C@H]2C=C[C@@H]1C2. The number of rotatable bonds is 1. The highest BCUT2D eigenvalue weighted by atomic mass is 79.9. The summed E-state index contributed by atoms with van der Waals surface area (Å²) in [7, 11) is 0. The minimum atomic E-state index is 0.925. The van der Waals surface area contributed by atoms with Crippen LogP contribution < -0.4 is 0 Å². The summed E-state index contributed by atoms with van der Waals surface area (Å²) in [4.78, 5) is 0. The molecule has 0 aromatic rings. The van der Waals surface area contributed by atoms with Crippen molar-refractivity contribution in [3.8, 4) is 0 Å². The third kappa shape index (κ3) is 0.861. The van der Waals surface area contributed by atoms with Crippen LogP contribution in [0.1, 0.15) is 12.8 Å². The van der Waals surface area contributed by atoms with E-state index >= 15 is 0 Å². The van der Waals surface area contributed by atoms with Gasteiger partial charge in [-0.05, 0) is 30.6 Å². The maximum absolute atomic E-state index is 3.54. The molecular weight excluding hydrogens is 176 g/mol. The Bertz CT molecular complexity index is 140. The summed E-state index contributed by atoms with van der Waals surface area (Å²) in [5.74, 6) is 2.83. The van der Waals surface area contributed by atoms with Gasteiger partial charge in [0.05, 0.1) is 0 Å². The number of halogens is 1. The first-order chi connectivity index (χ1) is 4.40.